The van der Waals surface area contributed by atoms with Gasteiger partial charge in [-0.2, -0.15) is 4.39 Å². The summed E-state index contributed by atoms with van der Waals surface area (Å²) in [6.07, 6.45) is 3.21. The molecule has 1 saturated heterocycles. The van der Waals surface area contributed by atoms with Crippen LogP contribution in [0.15, 0.2) is 81.6 Å². The van der Waals surface area contributed by atoms with Crippen LogP contribution in [0.3, 0.4) is 0 Å². The highest BCUT2D eigenvalue weighted by Gasteiger charge is 2.19. The highest BCUT2D eigenvalue weighted by Crippen LogP contribution is 2.31. The maximum atomic E-state index is 13.3. The van der Waals surface area contributed by atoms with Crippen molar-refractivity contribution in [1.29, 1.82) is 0 Å². The van der Waals surface area contributed by atoms with E-state index in [4.69, 9.17) is 42.5 Å². The number of nitro groups is 1. The van der Waals surface area contributed by atoms with Crippen LogP contribution < -0.4 is 5.73 Å². The van der Waals surface area contributed by atoms with Crippen molar-refractivity contribution in [3.8, 4) is 22.9 Å². The molecule has 0 unspecified atom stereocenters. The van der Waals surface area contributed by atoms with E-state index in [1.807, 2.05) is 18.2 Å². The van der Waals surface area contributed by atoms with E-state index in [1.165, 1.54) is 11.6 Å². The SMILES string of the molecule is Nc1cc(-c2nc3cc(Cl)ccc3o2)ccc1CC1CCOCC1.O=[N+]([O-])c1cc(-c2nc3cc(Cl)ccc3o2)ccc1F. The lowest BCUT2D eigenvalue weighted by Gasteiger charge is -2.22. The van der Waals surface area contributed by atoms with Crippen molar-refractivity contribution in [2.75, 3.05) is 18.9 Å². The third-order valence-corrected chi connectivity index (χ3v) is 7.80. The summed E-state index contributed by atoms with van der Waals surface area (Å²) in [5, 5.41) is 11.9. The minimum Gasteiger partial charge on any atom is -0.436 e. The van der Waals surface area contributed by atoms with E-state index >= 15 is 0 Å². The molecule has 6 aromatic rings. The lowest BCUT2D eigenvalue weighted by atomic mass is 9.91. The number of hydrogen-bond donors (Lipinski definition) is 1. The van der Waals surface area contributed by atoms with Crippen molar-refractivity contribution in [1.82, 2.24) is 9.97 Å². The Bertz CT molecular complexity index is 1990. The first-order valence-corrected chi connectivity index (χ1v) is 14.5. The van der Waals surface area contributed by atoms with Crippen molar-refractivity contribution in [3.05, 3.63) is 104 Å². The van der Waals surface area contributed by atoms with Gasteiger partial charge in [0, 0.05) is 46.1 Å². The fourth-order valence-electron chi connectivity index (χ4n) is 5.01. The van der Waals surface area contributed by atoms with Crippen LogP contribution in [-0.4, -0.2) is 28.1 Å². The molecular formula is C32H25Cl2FN4O5. The van der Waals surface area contributed by atoms with Gasteiger partial charge in [-0.3, -0.25) is 10.1 Å². The summed E-state index contributed by atoms with van der Waals surface area (Å²) >= 11 is 11.8. The maximum absolute atomic E-state index is 13.3. The molecule has 0 aliphatic carbocycles. The average Bonchev–Trinajstić information content (AvgIpc) is 3.63. The molecule has 1 aliphatic rings. The number of fused-ring (bicyclic) bond motifs is 2. The second-order valence-corrected chi connectivity index (χ2v) is 11.2. The quantitative estimate of drug-likeness (QED) is 0.113. The topological polar surface area (TPSA) is 130 Å². The van der Waals surface area contributed by atoms with E-state index in [2.05, 4.69) is 16.0 Å². The Hall–Kier alpha value is -4.51. The molecule has 2 N–H and O–H groups in total. The molecule has 2 aromatic heterocycles. The monoisotopic (exact) mass is 634 g/mol. The molecule has 0 saturated carbocycles. The van der Waals surface area contributed by atoms with Gasteiger partial charge in [0.25, 0.3) is 0 Å². The highest BCUT2D eigenvalue weighted by atomic mass is 35.5. The molecule has 7 rings (SSSR count). The van der Waals surface area contributed by atoms with E-state index in [9.17, 15) is 14.5 Å². The number of nitrogen functional groups attached to an aromatic ring is 1. The molecule has 1 fully saturated rings. The van der Waals surface area contributed by atoms with E-state index in [-0.39, 0.29) is 5.89 Å². The van der Waals surface area contributed by atoms with Gasteiger partial charge in [0.05, 0.1) is 4.92 Å². The number of nitrogens with zero attached hydrogens (tertiary/aromatic N) is 3. The Morgan fingerprint density at radius 2 is 1.41 bits per heavy atom. The molecule has 12 heteroatoms. The highest BCUT2D eigenvalue weighted by molar-refractivity contribution is 6.31. The molecule has 0 spiro atoms. The Kier molecular flexibility index (Phi) is 8.47. The van der Waals surface area contributed by atoms with Crippen LogP contribution in [0.1, 0.15) is 18.4 Å². The fourth-order valence-corrected chi connectivity index (χ4v) is 5.34. The number of halogens is 3. The van der Waals surface area contributed by atoms with Crippen molar-refractivity contribution in [2.45, 2.75) is 19.3 Å². The first-order chi connectivity index (χ1) is 21.2. The molecule has 0 amide bonds. The molecular weight excluding hydrogens is 610 g/mol. The molecule has 9 nitrogen and oxygen atoms in total. The second kappa shape index (κ2) is 12.6. The lowest BCUT2D eigenvalue weighted by molar-refractivity contribution is -0.387. The molecule has 0 atom stereocenters. The van der Waals surface area contributed by atoms with Gasteiger partial charge in [-0.15, -0.1) is 0 Å². The average molecular weight is 635 g/mol. The standard InChI is InChI=1S/C19H19ClN2O2.C13H6ClFN2O3/c20-15-3-4-18-17(11-15)22-19(24-18)14-2-1-13(16(21)10-14)9-12-5-7-23-8-6-12;14-8-2-4-12-10(6-8)16-13(20-12)7-1-3-9(15)11(5-7)17(18)19/h1-4,10-12H,5-9,21H2;1-6H. The van der Waals surface area contributed by atoms with Crippen molar-refractivity contribution in [3.63, 3.8) is 0 Å². The van der Waals surface area contributed by atoms with Gasteiger partial charge in [0.15, 0.2) is 11.2 Å². The predicted molar refractivity (Wildman–Crippen MR) is 167 cm³/mol. The fraction of sp³-hybridized carbons (Fsp3) is 0.188. The van der Waals surface area contributed by atoms with Crippen LogP contribution in [-0.2, 0) is 11.2 Å². The van der Waals surface area contributed by atoms with E-state index < -0.39 is 16.4 Å². The number of oxazole rings is 2. The zero-order chi connectivity index (χ0) is 30.8. The van der Waals surface area contributed by atoms with Gasteiger partial charge in [0.2, 0.25) is 17.6 Å². The van der Waals surface area contributed by atoms with Crippen LogP contribution >= 0.6 is 23.2 Å². The van der Waals surface area contributed by atoms with Crippen LogP contribution in [0.5, 0.6) is 0 Å². The number of nitrogens with two attached hydrogens (primary N) is 1. The number of benzene rings is 4. The molecule has 3 heterocycles. The lowest BCUT2D eigenvalue weighted by Crippen LogP contribution is -2.18. The number of anilines is 1. The zero-order valence-electron chi connectivity index (χ0n) is 23.1. The Morgan fingerprint density at radius 1 is 0.841 bits per heavy atom. The summed E-state index contributed by atoms with van der Waals surface area (Å²) in [4.78, 5) is 18.6. The largest absolute Gasteiger partial charge is 0.436 e. The van der Waals surface area contributed by atoms with E-state index in [1.54, 1.807) is 30.3 Å². The summed E-state index contributed by atoms with van der Waals surface area (Å²) in [5.41, 5.74) is 11.3. The Balaban J connectivity index is 0.000000159. The number of rotatable bonds is 5. The van der Waals surface area contributed by atoms with Crippen LogP contribution in [0, 0.1) is 21.8 Å². The summed E-state index contributed by atoms with van der Waals surface area (Å²) < 4.78 is 30.0. The van der Waals surface area contributed by atoms with Gasteiger partial charge in [-0.1, -0.05) is 29.3 Å². The number of aromatic nitrogens is 2. The Labute approximate surface area is 260 Å². The first kappa shape index (κ1) is 29.6. The van der Waals surface area contributed by atoms with Gasteiger partial charge in [0.1, 0.15) is 11.0 Å². The minimum atomic E-state index is -0.905. The zero-order valence-corrected chi connectivity index (χ0v) is 24.6. The van der Waals surface area contributed by atoms with Gasteiger partial charge in [-0.25, -0.2) is 9.97 Å². The third kappa shape index (κ3) is 6.52. The summed E-state index contributed by atoms with van der Waals surface area (Å²) in [6, 6.07) is 19.8. The number of hydrogen-bond acceptors (Lipinski definition) is 8. The smallest absolute Gasteiger partial charge is 0.305 e. The summed E-state index contributed by atoms with van der Waals surface area (Å²) in [6.45, 7) is 1.71. The van der Waals surface area contributed by atoms with Crippen LogP contribution in [0.25, 0.3) is 45.1 Å². The van der Waals surface area contributed by atoms with E-state index in [0.29, 0.717) is 38.5 Å². The van der Waals surface area contributed by atoms with Gasteiger partial charge in [-0.05, 0) is 91.4 Å². The second-order valence-electron chi connectivity index (χ2n) is 10.4. The third-order valence-electron chi connectivity index (χ3n) is 7.33. The van der Waals surface area contributed by atoms with Gasteiger partial charge >= 0.3 is 5.69 Å². The number of ether oxygens (including phenoxy) is 1. The summed E-state index contributed by atoms with van der Waals surface area (Å²) in [7, 11) is 0. The number of nitro benzene ring substituents is 1. The van der Waals surface area contributed by atoms with Crippen molar-refractivity contribution < 1.29 is 22.9 Å². The van der Waals surface area contributed by atoms with Crippen molar-refractivity contribution in [2.24, 2.45) is 5.92 Å². The molecule has 4 aromatic carbocycles. The first-order valence-electron chi connectivity index (χ1n) is 13.8. The Morgan fingerprint density at radius 3 is 1.98 bits per heavy atom. The molecule has 224 valence electrons. The van der Waals surface area contributed by atoms with Crippen LogP contribution in [0.4, 0.5) is 15.8 Å². The summed E-state index contributed by atoms with van der Waals surface area (Å²) in [5.74, 6) is 0.484. The minimum absolute atomic E-state index is 0.172. The normalized spacial score (nSPS) is 13.6. The van der Waals surface area contributed by atoms with Crippen molar-refractivity contribution >= 4 is 56.8 Å². The molecule has 44 heavy (non-hydrogen) atoms. The maximum Gasteiger partial charge on any atom is 0.305 e. The van der Waals surface area contributed by atoms with E-state index in [0.717, 1.165) is 67.0 Å². The predicted octanol–water partition coefficient (Wildman–Crippen LogP) is 8.89. The molecule has 1 aliphatic heterocycles. The van der Waals surface area contributed by atoms with Gasteiger partial charge < -0.3 is 19.3 Å². The molecule has 0 radical (unpaired) electrons. The van der Waals surface area contributed by atoms with Crippen LogP contribution in [0.2, 0.25) is 10.0 Å². The molecule has 0 bridgehead atoms.